The van der Waals surface area contributed by atoms with Crippen LogP contribution in [0.5, 0.6) is 5.75 Å². The zero-order valence-corrected chi connectivity index (χ0v) is 22.6. The number of hydrogen-bond donors (Lipinski definition) is 3. The van der Waals surface area contributed by atoms with E-state index in [2.05, 4.69) is 34.6 Å². The van der Waals surface area contributed by atoms with Gasteiger partial charge in [0.1, 0.15) is 5.75 Å². The maximum atomic E-state index is 12.5. The zero-order valence-electron chi connectivity index (χ0n) is 21.9. The zero-order chi connectivity index (χ0) is 26.9. The van der Waals surface area contributed by atoms with Crippen LogP contribution in [0.1, 0.15) is 70.4 Å². The van der Waals surface area contributed by atoms with Crippen molar-refractivity contribution in [3.63, 3.8) is 0 Å². The fourth-order valence-electron chi connectivity index (χ4n) is 4.90. The minimum atomic E-state index is -0.230. The summed E-state index contributed by atoms with van der Waals surface area (Å²) in [5, 5.41) is 16.8. The van der Waals surface area contributed by atoms with Gasteiger partial charge in [-0.1, -0.05) is 30.7 Å². The summed E-state index contributed by atoms with van der Waals surface area (Å²) >= 11 is 5.87. The smallest absolute Gasteiger partial charge is 0.255 e. The van der Waals surface area contributed by atoms with Crippen molar-refractivity contribution in [3.8, 4) is 5.75 Å². The van der Waals surface area contributed by atoms with Crippen LogP contribution in [0.3, 0.4) is 0 Å². The van der Waals surface area contributed by atoms with E-state index < -0.39 is 0 Å². The number of likely N-dealkylation sites (tertiary alicyclic amines) is 1. The third-order valence-corrected chi connectivity index (χ3v) is 7.48. The Bertz CT molecular complexity index is 1220. The Labute approximate surface area is 230 Å². The van der Waals surface area contributed by atoms with Crippen molar-refractivity contribution in [2.75, 3.05) is 31.5 Å². The third-order valence-electron chi connectivity index (χ3n) is 7.23. The molecule has 7 heteroatoms. The predicted octanol–water partition coefficient (Wildman–Crippen LogP) is 6.25. The Morgan fingerprint density at radius 2 is 1.58 bits per heavy atom. The molecule has 0 atom stereocenters. The van der Waals surface area contributed by atoms with Gasteiger partial charge in [-0.3, -0.25) is 9.59 Å². The molecule has 2 amide bonds. The molecular weight excluding hydrogens is 498 g/mol. The average molecular weight is 534 g/mol. The molecule has 0 spiro atoms. The van der Waals surface area contributed by atoms with Gasteiger partial charge < -0.3 is 20.6 Å². The van der Waals surface area contributed by atoms with Gasteiger partial charge in [-0.2, -0.15) is 0 Å². The molecule has 0 bridgehead atoms. The van der Waals surface area contributed by atoms with Crippen molar-refractivity contribution < 1.29 is 14.7 Å². The van der Waals surface area contributed by atoms with E-state index in [4.69, 9.17) is 11.6 Å². The number of carbonyl (C=O) groups is 2. The van der Waals surface area contributed by atoms with Crippen LogP contribution in [0.4, 0.5) is 5.69 Å². The van der Waals surface area contributed by atoms with Crippen LogP contribution < -0.4 is 10.6 Å². The number of hydrogen-bond acceptors (Lipinski definition) is 4. The largest absolute Gasteiger partial charge is 0.508 e. The number of rotatable bonds is 10. The highest BCUT2D eigenvalue weighted by atomic mass is 35.5. The first-order valence-electron chi connectivity index (χ1n) is 13.4. The van der Waals surface area contributed by atoms with Crippen LogP contribution in [0.2, 0.25) is 5.02 Å². The Morgan fingerprint density at radius 3 is 2.24 bits per heavy atom. The second-order valence-corrected chi connectivity index (χ2v) is 10.3. The number of amides is 2. The number of anilines is 1. The molecule has 0 aliphatic carbocycles. The van der Waals surface area contributed by atoms with E-state index in [1.165, 1.54) is 5.56 Å². The molecule has 0 unspecified atom stereocenters. The van der Waals surface area contributed by atoms with Gasteiger partial charge in [-0.15, -0.1) is 0 Å². The van der Waals surface area contributed by atoms with Crippen molar-refractivity contribution in [1.82, 2.24) is 10.2 Å². The van der Waals surface area contributed by atoms with Gasteiger partial charge in [0.25, 0.3) is 11.8 Å². The number of phenolic OH excluding ortho intramolecular Hbond substituents is 1. The van der Waals surface area contributed by atoms with E-state index in [1.807, 2.05) is 6.07 Å². The first kappa shape index (κ1) is 27.7. The van der Waals surface area contributed by atoms with Gasteiger partial charge in [-0.05, 0) is 123 Å². The number of carbonyl (C=O) groups excluding carboxylic acids is 2. The number of benzene rings is 3. The predicted molar refractivity (Wildman–Crippen MR) is 153 cm³/mol. The molecule has 1 saturated heterocycles. The number of phenols is 1. The van der Waals surface area contributed by atoms with Crippen LogP contribution in [0.25, 0.3) is 0 Å². The van der Waals surface area contributed by atoms with Crippen molar-refractivity contribution in [3.05, 3.63) is 94.0 Å². The summed E-state index contributed by atoms with van der Waals surface area (Å²) in [4.78, 5) is 27.3. The van der Waals surface area contributed by atoms with Crippen LogP contribution >= 0.6 is 11.6 Å². The monoisotopic (exact) mass is 533 g/mol. The Hall–Kier alpha value is -3.35. The summed E-state index contributed by atoms with van der Waals surface area (Å²) in [5.74, 6) is 0.520. The Kier molecular flexibility index (Phi) is 9.79. The molecule has 0 radical (unpaired) electrons. The van der Waals surface area contributed by atoms with Crippen molar-refractivity contribution in [1.29, 1.82) is 0 Å². The lowest BCUT2D eigenvalue weighted by Crippen LogP contribution is -2.34. The van der Waals surface area contributed by atoms with Crippen LogP contribution in [0.15, 0.2) is 66.7 Å². The summed E-state index contributed by atoms with van der Waals surface area (Å²) in [7, 11) is 0. The van der Waals surface area contributed by atoms with Gasteiger partial charge in [0.05, 0.1) is 0 Å². The molecule has 4 rings (SSSR count). The Balaban J connectivity index is 1.12. The lowest BCUT2D eigenvalue weighted by Gasteiger charge is -2.32. The van der Waals surface area contributed by atoms with Crippen LogP contribution in [-0.2, 0) is 6.42 Å². The molecule has 1 aliphatic heterocycles. The average Bonchev–Trinajstić information content (AvgIpc) is 2.94. The molecule has 1 fully saturated rings. The number of aryl methyl sites for hydroxylation is 1. The van der Waals surface area contributed by atoms with E-state index >= 15 is 0 Å². The summed E-state index contributed by atoms with van der Waals surface area (Å²) in [6.45, 7) is 5.82. The minimum Gasteiger partial charge on any atom is -0.508 e. The molecule has 0 aromatic heterocycles. The quantitative estimate of drug-likeness (QED) is 0.269. The number of aromatic hydroxyl groups is 1. The van der Waals surface area contributed by atoms with E-state index in [9.17, 15) is 14.7 Å². The summed E-state index contributed by atoms with van der Waals surface area (Å²) < 4.78 is 0. The number of piperidine rings is 1. The highest BCUT2D eigenvalue weighted by molar-refractivity contribution is 6.30. The molecule has 1 heterocycles. The minimum absolute atomic E-state index is 0.115. The molecule has 3 aromatic rings. The van der Waals surface area contributed by atoms with E-state index in [1.54, 1.807) is 48.5 Å². The normalized spacial score (nSPS) is 14.3. The molecule has 1 aliphatic rings. The summed E-state index contributed by atoms with van der Waals surface area (Å²) in [6, 6.07) is 19.7. The second-order valence-electron chi connectivity index (χ2n) is 9.86. The first-order valence-corrected chi connectivity index (χ1v) is 13.8. The molecule has 38 heavy (non-hydrogen) atoms. The maximum absolute atomic E-state index is 12.5. The molecular formula is C31H36ClN3O3. The van der Waals surface area contributed by atoms with Crippen molar-refractivity contribution >= 4 is 29.1 Å². The lowest BCUT2D eigenvalue weighted by molar-refractivity contribution is 0.0951. The highest BCUT2D eigenvalue weighted by Gasteiger charge is 2.22. The fraction of sp³-hybridized carbons (Fsp3) is 0.355. The van der Waals surface area contributed by atoms with Gasteiger partial charge in [-0.25, -0.2) is 0 Å². The van der Waals surface area contributed by atoms with Gasteiger partial charge in [0, 0.05) is 28.4 Å². The maximum Gasteiger partial charge on any atom is 0.255 e. The van der Waals surface area contributed by atoms with E-state index in [0.29, 0.717) is 40.0 Å². The lowest BCUT2D eigenvalue weighted by atomic mass is 9.88. The first-order chi connectivity index (χ1) is 18.4. The van der Waals surface area contributed by atoms with Crippen LogP contribution in [0, 0.1) is 0 Å². The number of unbranched alkanes of at least 4 members (excludes halogenated alkanes) is 1. The van der Waals surface area contributed by atoms with Gasteiger partial charge in [0.2, 0.25) is 0 Å². The molecule has 0 saturated carbocycles. The molecule has 6 nitrogen and oxygen atoms in total. The van der Waals surface area contributed by atoms with E-state index in [0.717, 1.165) is 57.3 Å². The molecule has 3 N–H and O–H groups in total. The fourth-order valence-corrected chi connectivity index (χ4v) is 5.02. The number of nitrogens with zero attached hydrogens (tertiary/aromatic N) is 1. The van der Waals surface area contributed by atoms with Gasteiger partial charge >= 0.3 is 0 Å². The van der Waals surface area contributed by atoms with Crippen LogP contribution in [-0.4, -0.2) is 48.0 Å². The highest BCUT2D eigenvalue weighted by Crippen LogP contribution is 2.34. The summed E-state index contributed by atoms with van der Waals surface area (Å²) in [5.41, 5.74) is 3.96. The number of halogens is 1. The van der Waals surface area contributed by atoms with Crippen molar-refractivity contribution in [2.24, 2.45) is 0 Å². The molecule has 3 aromatic carbocycles. The van der Waals surface area contributed by atoms with Crippen molar-refractivity contribution in [2.45, 2.75) is 44.9 Å². The van der Waals surface area contributed by atoms with Gasteiger partial charge in [0.15, 0.2) is 0 Å². The Morgan fingerprint density at radius 1 is 0.921 bits per heavy atom. The van der Waals surface area contributed by atoms with E-state index in [-0.39, 0.29) is 11.8 Å². The SMILES string of the molecule is CCc1ccc(C2CCN(CCCCNC(=O)c3ccc(NC(=O)c4ccc(Cl)cc4)cc3)CC2)c(O)c1. The standard InChI is InChI=1S/C31H36ClN3O3/c1-2-22-5-14-28(29(36)21-22)23-15-19-35(20-16-23)18-4-3-17-33-30(37)24-8-12-27(13-9-24)34-31(38)25-6-10-26(32)11-7-25/h5-14,21,23,36H,2-4,15-20H2,1H3,(H,33,37)(H,34,38). The molecule has 200 valence electrons. The third kappa shape index (κ3) is 7.59. The summed E-state index contributed by atoms with van der Waals surface area (Å²) in [6.07, 6.45) is 5.00. The number of nitrogens with one attached hydrogen (secondary N) is 2. The topological polar surface area (TPSA) is 81.7 Å². The second kappa shape index (κ2) is 13.4.